The van der Waals surface area contributed by atoms with Crippen molar-refractivity contribution in [1.29, 1.82) is 0 Å². The van der Waals surface area contributed by atoms with E-state index < -0.39 is 0 Å². The fourth-order valence-electron chi connectivity index (χ4n) is 9.45. The molecule has 3 nitrogen and oxygen atoms in total. The summed E-state index contributed by atoms with van der Waals surface area (Å²) in [5.74, 6) is 0. The average molecular weight is 804 g/mol. The second-order valence-corrected chi connectivity index (χ2v) is 16.2. The highest BCUT2D eigenvalue weighted by molar-refractivity contribution is 6.19. The van der Waals surface area contributed by atoms with Gasteiger partial charge in [0.2, 0.25) is 0 Å². The summed E-state index contributed by atoms with van der Waals surface area (Å²) in [4.78, 5) is 0. The van der Waals surface area contributed by atoms with Crippen LogP contribution in [0.4, 0.5) is 11.4 Å². The van der Waals surface area contributed by atoms with Gasteiger partial charge in [0.05, 0.1) is 22.1 Å². The Hall–Kier alpha value is -8.40. The summed E-state index contributed by atoms with van der Waals surface area (Å²) in [6.07, 6.45) is 0. The lowest BCUT2D eigenvalue weighted by Crippen LogP contribution is -1.95. The van der Waals surface area contributed by atoms with E-state index in [-0.39, 0.29) is 0 Å². The van der Waals surface area contributed by atoms with E-state index in [2.05, 4.69) is 257 Å². The molecule has 0 spiro atoms. The number of hydrogen-bond donors (Lipinski definition) is 1. The molecule has 1 N–H and O–H groups in total. The van der Waals surface area contributed by atoms with E-state index in [1.54, 1.807) is 0 Å². The Morgan fingerprint density at radius 3 is 1.32 bits per heavy atom. The Bertz CT molecular complexity index is 3590. The number of nitrogens with one attached hydrogen (secondary N) is 1. The molecular weight excluding hydrogens is 763 g/mol. The zero-order valence-corrected chi connectivity index (χ0v) is 34.5. The molecular formula is C60H41N3. The van der Waals surface area contributed by atoms with Gasteiger partial charge >= 0.3 is 0 Å². The van der Waals surface area contributed by atoms with Gasteiger partial charge in [-0.3, -0.25) is 0 Å². The molecule has 0 aliphatic carbocycles. The van der Waals surface area contributed by atoms with E-state index in [0.29, 0.717) is 0 Å². The molecule has 12 aromatic rings. The van der Waals surface area contributed by atoms with Crippen LogP contribution in [0, 0.1) is 0 Å². The molecule has 0 bridgehead atoms. The summed E-state index contributed by atoms with van der Waals surface area (Å²) in [7, 11) is 0. The number of para-hydroxylation sites is 2. The van der Waals surface area contributed by atoms with Gasteiger partial charge in [0.1, 0.15) is 0 Å². The molecule has 0 fully saturated rings. The zero-order chi connectivity index (χ0) is 41.7. The Labute approximate surface area is 366 Å². The number of aromatic nitrogens is 2. The van der Waals surface area contributed by atoms with Crippen molar-refractivity contribution in [2.24, 2.45) is 0 Å². The van der Waals surface area contributed by atoms with Crippen molar-refractivity contribution in [3.63, 3.8) is 0 Å². The number of hydrogen-bond acceptors (Lipinski definition) is 1. The molecule has 3 heteroatoms. The fraction of sp³-hybridized carbons (Fsp3) is 0. The second-order valence-electron chi connectivity index (χ2n) is 16.2. The van der Waals surface area contributed by atoms with E-state index in [9.17, 15) is 0 Å². The number of benzene rings is 10. The van der Waals surface area contributed by atoms with Crippen LogP contribution in [0.25, 0.3) is 99.5 Å². The molecule has 0 saturated carbocycles. The van der Waals surface area contributed by atoms with Crippen molar-refractivity contribution in [3.05, 3.63) is 243 Å². The monoisotopic (exact) mass is 803 g/mol. The van der Waals surface area contributed by atoms with Crippen molar-refractivity contribution < 1.29 is 0 Å². The summed E-state index contributed by atoms with van der Waals surface area (Å²) in [6, 6.07) is 87.7. The highest BCUT2D eigenvalue weighted by atomic mass is 15.0. The topological polar surface area (TPSA) is 21.9 Å². The van der Waals surface area contributed by atoms with Gasteiger partial charge in [-0.25, -0.2) is 0 Å². The minimum absolute atomic E-state index is 1.05. The van der Waals surface area contributed by atoms with Crippen LogP contribution in [0.15, 0.2) is 243 Å². The number of fused-ring (bicyclic) bond motifs is 6. The highest BCUT2D eigenvalue weighted by Crippen LogP contribution is 2.42. The Morgan fingerprint density at radius 2 is 0.683 bits per heavy atom. The first kappa shape index (κ1) is 36.5. The van der Waals surface area contributed by atoms with Gasteiger partial charge in [-0.1, -0.05) is 164 Å². The van der Waals surface area contributed by atoms with E-state index in [1.165, 1.54) is 71.4 Å². The summed E-state index contributed by atoms with van der Waals surface area (Å²) in [6.45, 7) is 0. The van der Waals surface area contributed by atoms with Gasteiger partial charge in [-0.15, -0.1) is 0 Å². The molecule has 63 heavy (non-hydrogen) atoms. The van der Waals surface area contributed by atoms with Gasteiger partial charge in [-0.2, -0.15) is 0 Å². The molecule has 2 aromatic heterocycles. The number of rotatable bonds is 8. The second kappa shape index (κ2) is 15.3. The first-order valence-electron chi connectivity index (χ1n) is 21.6. The normalized spacial score (nSPS) is 11.5. The van der Waals surface area contributed by atoms with Crippen LogP contribution in [0.1, 0.15) is 0 Å². The molecule has 0 amide bonds. The fourth-order valence-corrected chi connectivity index (χ4v) is 9.45. The highest BCUT2D eigenvalue weighted by Gasteiger charge is 2.20. The maximum atomic E-state index is 3.76. The van der Waals surface area contributed by atoms with E-state index in [4.69, 9.17) is 0 Å². The molecule has 12 rings (SSSR count). The molecule has 0 radical (unpaired) electrons. The van der Waals surface area contributed by atoms with Crippen LogP contribution >= 0.6 is 0 Å². The summed E-state index contributed by atoms with van der Waals surface area (Å²) >= 11 is 0. The minimum Gasteiger partial charge on any atom is -0.355 e. The van der Waals surface area contributed by atoms with Crippen molar-refractivity contribution in [2.75, 3.05) is 5.32 Å². The maximum absolute atomic E-state index is 3.76. The molecule has 0 atom stereocenters. The van der Waals surface area contributed by atoms with Crippen LogP contribution in [0.2, 0.25) is 0 Å². The maximum Gasteiger partial charge on any atom is 0.0548 e. The Kier molecular flexibility index (Phi) is 8.83. The first-order chi connectivity index (χ1) is 31.2. The third-order valence-corrected chi connectivity index (χ3v) is 12.5. The van der Waals surface area contributed by atoms with Gasteiger partial charge in [0.15, 0.2) is 0 Å². The SMILES string of the molecule is c1ccc(-c2ccc(Nc3ccc(-c4ccc5c(c4)c4cc6c(cc4n5-c4ccc(-c5ccccc5)cc4)c4ccccc4n6-c4ccccc4)cc3-c3ccccc3)cc2)cc1. The summed E-state index contributed by atoms with van der Waals surface area (Å²) in [5.41, 5.74) is 18.6. The van der Waals surface area contributed by atoms with Gasteiger partial charge in [-0.05, 0) is 118 Å². The lowest BCUT2D eigenvalue weighted by molar-refractivity contribution is 1.17. The molecule has 2 heterocycles. The van der Waals surface area contributed by atoms with Crippen LogP contribution in [0.5, 0.6) is 0 Å². The van der Waals surface area contributed by atoms with Crippen molar-refractivity contribution >= 4 is 55.0 Å². The van der Waals surface area contributed by atoms with Crippen LogP contribution in [-0.4, -0.2) is 9.13 Å². The molecule has 296 valence electrons. The van der Waals surface area contributed by atoms with Gasteiger partial charge < -0.3 is 14.5 Å². The van der Waals surface area contributed by atoms with Crippen molar-refractivity contribution in [3.8, 4) is 55.9 Å². The molecule has 0 aliphatic rings. The van der Waals surface area contributed by atoms with Gasteiger partial charge in [0.25, 0.3) is 0 Å². The lowest BCUT2D eigenvalue weighted by Gasteiger charge is -2.15. The van der Waals surface area contributed by atoms with Crippen LogP contribution < -0.4 is 5.32 Å². The van der Waals surface area contributed by atoms with Gasteiger partial charge in [0, 0.05) is 49.9 Å². The number of nitrogens with zero attached hydrogens (tertiary/aromatic N) is 2. The first-order valence-corrected chi connectivity index (χ1v) is 21.6. The predicted octanol–water partition coefficient (Wildman–Crippen LogP) is 16.3. The van der Waals surface area contributed by atoms with Crippen LogP contribution in [0.3, 0.4) is 0 Å². The van der Waals surface area contributed by atoms with Crippen LogP contribution in [-0.2, 0) is 0 Å². The molecule has 10 aromatic carbocycles. The standard InChI is InChI=1S/C60H41N3/c1-5-15-41(16-6-1)43-25-31-48(32-26-43)61-56-35-29-46(37-52(56)45-19-9-3-10-20-45)47-30-36-58-53(38-47)55-40-59-54(51-23-13-14-24-57(51)62(59)49-21-11-4-12-22-49)39-60(55)63(58)50-33-27-44(28-34-50)42-17-7-2-8-18-42/h1-40,61H. The summed E-state index contributed by atoms with van der Waals surface area (Å²) in [5, 5.41) is 8.66. The molecule has 0 unspecified atom stereocenters. The summed E-state index contributed by atoms with van der Waals surface area (Å²) < 4.78 is 4.86. The van der Waals surface area contributed by atoms with E-state index in [1.807, 2.05) is 0 Å². The third-order valence-electron chi connectivity index (χ3n) is 12.5. The predicted molar refractivity (Wildman–Crippen MR) is 267 cm³/mol. The lowest BCUT2D eigenvalue weighted by atomic mass is 9.96. The smallest absolute Gasteiger partial charge is 0.0548 e. The Balaban J connectivity index is 1.03. The van der Waals surface area contributed by atoms with E-state index in [0.717, 1.165) is 39.4 Å². The average Bonchev–Trinajstić information content (AvgIpc) is 3.86. The zero-order valence-electron chi connectivity index (χ0n) is 34.5. The third kappa shape index (κ3) is 6.46. The molecule has 0 aliphatic heterocycles. The molecule has 0 saturated heterocycles. The van der Waals surface area contributed by atoms with Crippen molar-refractivity contribution in [1.82, 2.24) is 9.13 Å². The largest absolute Gasteiger partial charge is 0.355 e. The number of anilines is 2. The van der Waals surface area contributed by atoms with Crippen molar-refractivity contribution in [2.45, 2.75) is 0 Å². The van der Waals surface area contributed by atoms with E-state index >= 15 is 0 Å². The quantitative estimate of drug-likeness (QED) is 0.162. The Morgan fingerprint density at radius 1 is 0.254 bits per heavy atom. The minimum atomic E-state index is 1.05.